The van der Waals surface area contributed by atoms with Gasteiger partial charge in [0.15, 0.2) is 5.58 Å². The SMILES string of the molecule is c1ccc(-c2ccc(N(c3ccc(-c4cccc5oc(-c6ccc7c(c6)oc6ccccc67)nc45)cc3)c3ccc4c(c3)oc3ccccc34)cc2)cc1. The van der Waals surface area contributed by atoms with Gasteiger partial charge < -0.3 is 18.2 Å². The van der Waals surface area contributed by atoms with Crippen LogP contribution in [-0.4, -0.2) is 4.98 Å². The Hall–Kier alpha value is -7.37. The van der Waals surface area contributed by atoms with E-state index in [2.05, 4.69) is 126 Å². The van der Waals surface area contributed by atoms with Crippen molar-refractivity contribution < 1.29 is 13.3 Å². The van der Waals surface area contributed by atoms with Crippen LogP contribution in [0, 0.1) is 0 Å². The summed E-state index contributed by atoms with van der Waals surface area (Å²) in [6.45, 7) is 0. The molecule has 0 saturated carbocycles. The average molecular weight is 695 g/mol. The van der Waals surface area contributed by atoms with Crippen molar-refractivity contribution >= 4 is 72.0 Å². The second-order valence-electron chi connectivity index (χ2n) is 13.6. The summed E-state index contributed by atoms with van der Waals surface area (Å²) in [7, 11) is 0. The lowest BCUT2D eigenvalue weighted by Gasteiger charge is -2.26. The Morgan fingerprint density at radius 3 is 1.56 bits per heavy atom. The van der Waals surface area contributed by atoms with Crippen molar-refractivity contribution in [2.24, 2.45) is 0 Å². The Kier molecular flexibility index (Phi) is 6.79. The van der Waals surface area contributed by atoms with E-state index in [1.165, 1.54) is 11.1 Å². The van der Waals surface area contributed by atoms with E-state index in [4.69, 9.17) is 18.2 Å². The van der Waals surface area contributed by atoms with Crippen LogP contribution in [0.25, 0.3) is 88.7 Å². The summed E-state index contributed by atoms with van der Waals surface area (Å²) >= 11 is 0. The maximum Gasteiger partial charge on any atom is 0.227 e. The number of anilines is 3. The summed E-state index contributed by atoms with van der Waals surface area (Å²) < 4.78 is 18.8. The van der Waals surface area contributed by atoms with Crippen molar-refractivity contribution in [1.82, 2.24) is 4.98 Å². The van der Waals surface area contributed by atoms with Crippen LogP contribution in [0.2, 0.25) is 0 Å². The van der Waals surface area contributed by atoms with Crippen LogP contribution < -0.4 is 4.90 Å². The van der Waals surface area contributed by atoms with E-state index in [0.29, 0.717) is 5.89 Å². The number of benzene rings is 8. The van der Waals surface area contributed by atoms with Gasteiger partial charge in [-0.15, -0.1) is 0 Å². The smallest absolute Gasteiger partial charge is 0.227 e. The topological polar surface area (TPSA) is 55.6 Å². The molecule has 11 aromatic rings. The highest BCUT2D eigenvalue weighted by Crippen LogP contribution is 2.41. The molecule has 0 aliphatic carbocycles. The fraction of sp³-hybridized carbons (Fsp3) is 0. The van der Waals surface area contributed by atoms with E-state index in [1.54, 1.807) is 0 Å². The fourth-order valence-electron chi connectivity index (χ4n) is 7.69. The third-order valence-electron chi connectivity index (χ3n) is 10.3. The summed E-state index contributed by atoms with van der Waals surface area (Å²) in [5, 5.41) is 4.38. The number of nitrogens with zero attached hydrogens (tertiary/aromatic N) is 2. The maximum absolute atomic E-state index is 6.35. The van der Waals surface area contributed by atoms with E-state index < -0.39 is 0 Å². The predicted octanol–water partition coefficient (Wildman–Crippen LogP) is 14.1. The van der Waals surface area contributed by atoms with Crippen LogP contribution in [0.5, 0.6) is 0 Å². The molecule has 0 amide bonds. The van der Waals surface area contributed by atoms with Gasteiger partial charge in [-0.2, -0.15) is 0 Å². The molecular weight excluding hydrogens is 665 g/mol. The lowest BCUT2D eigenvalue weighted by Crippen LogP contribution is -2.09. The summed E-state index contributed by atoms with van der Waals surface area (Å²) in [5.74, 6) is 0.558. The highest BCUT2D eigenvalue weighted by molar-refractivity contribution is 6.07. The first-order chi connectivity index (χ1) is 26.7. The number of hydrogen-bond acceptors (Lipinski definition) is 5. The van der Waals surface area contributed by atoms with Gasteiger partial charge >= 0.3 is 0 Å². The summed E-state index contributed by atoms with van der Waals surface area (Å²) in [4.78, 5) is 7.30. The molecule has 0 bridgehead atoms. The van der Waals surface area contributed by atoms with E-state index in [-0.39, 0.29) is 0 Å². The number of hydrogen-bond donors (Lipinski definition) is 0. The molecule has 0 fully saturated rings. The first kappa shape index (κ1) is 30.3. The van der Waals surface area contributed by atoms with Gasteiger partial charge in [-0.05, 0) is 89.5 Å². The molecule has 5 nitrogen and oxygen atoms in total. The number of fused-ring (bicyclic) bond motifs is 7. The average Bonchev–Trinajstić information content (AvgIpc) is 3.95. The molecule has 0 aliphatic rings. The number of rotatable bonds is 6. The second-order valence-corrected chi connectivity index (χ2v) is 13.6. The maximum atomic E-state index is 6.35. The normalized spacial score (nSPS) is 11.7. The number of oxazole rings is 1. The van der Waals surface area contributed by atoms with Crippen molar-refractivity contribution in [3.63, 3.8) is 0 Å². The van der Waals surface area contributed by atoms with Crippen LogP contribution in [0.3, 0.4) is 0 Å². The lowest BCUT2D eigenvalue weighted by atomic mass is 10.0. The van der Waals surface area contributed by atoms with Gasteiger partial charge in [-0.1, -0.05) is 103 Å². The third-order valence-corrected chi connectivity index (χ3v) is 10.3. The van der Waals surface area contributed by atoms with Crippen molar-refractivity contribution in [3.05, 3.63) is 182 Å². The quantitative estimate of drug-likeness (QED) is 0.173. The molecular formula is C49H30N2O3. The van der Waals surface area contributed by atoms with Gasteiger partial charge in [-0.3, -0.25) is 0 Å². The van der Waals surface area contributed by atoms with Crippen LogP contribution in [0.4, 0.5) is 17.1 Å². The minimum absolute atomic E-state index is 0.558. The van der Waals surface area contributed by atoms with Crippen LogP contribution in [-0.2, 0) is 0 Å². The number of furan rings is 2. The molecule has 0 unspecified atom stereocenters. The Labute approximate surface area is 309 Å². The summed E-state index contributed by atoms with van der Waals surface area (Å²) in [5.41, 5.74) is 13.3. The highest BCUT2D eigenvalue weighted by atomic mass is 16.4. The predicted molar refractivity (Wildman–Crippen MR) is 220 cm³/mol. The zero-order chi connectivity index (χ0) is 35.6. The minimum atomic E-state index is 0.558. The molecule has 3 aromatic heterocycles. The zero-order valence-electron chi connectivity index (χ0n) is 28.9. The van der Waals surface area contributed by atoms with E-state index >= 15 is 0 Å². The largest absolute Gasteiger partial charge is 0.456 e. The molecule has 5 heteroatoms. The highest BCUT2D eigenvalue weighted by Gasteiger charge is 2.18. The molecule has 3 heterocycles. The molecule has 0 saturated heterocycles. The van der Waals surface area contributed by atoms with Crippen molar-refractivity contribution in [1.29, 1.82) is 0 Å². The van der Waals surface area contributed by atoms with Gasteiger partial charge in [0.05, 0.1) is 0 Å². The Bertz CT molecular complexity index is 3150. The van der Waals surface area contributed by atoms with E-state index in [9.17, 15) is 0 Å². The van der Waals surface area contributed by atoms with Crippen molar-refractivity contribution in [2.45, 2.75) is 0 Å². The van der Waals surface area contributed by atoms with Gasteiger partial charge in [-0.25, -0.2) is 4.98 Å². The second kappa shape index (κ2) is 12.1. The van der Waals surface area contributed by atoms with Crippen LogP contribution >= 0.6 is 0 Å². The Balaban J connectivity index is 0.980. The molecule has 0 spiro atoms. The molecule has 0 aliphatic heterocycles. The Morgan fingerprint density at radius 1 is 0.333 bits per heavy atom. The standard InChI is InChI=1S/C49H30N2O3/c1-2-9-31(10-3-1)32-17-22-35(23-18-32)51(37-26-28-42-40-12-5-7-15-44(40)53-47(42)30-37)36-24-19-33(20-25-36)38-13-8-16-45-48(38)50-49(54-45)34-21-27-41-39-11-4-6-14-43(39)52-46(41)29-34/h1-30H. The van der Waals surface area contributed by atoms with Gasteiger partial charge in [0, 0.05) is 55.8 Å². The minimum Gasteiger partial charge on any atom is -0.456 e. The number of para-hydroxylation sites is 3. The van der Waals surface area contributed by atoms with Gasteiger partial charge in [0.1, 0.15) is 27.8 Å². The van der Waals surface area contributed by atoms with Crippen LogP contribution in [0.15, 0.2) is 195 Å². The van der Waals surface area contributed by atoms with Crippen LogP contribution in [0.1, 0.15) is 0 Å². The summed E-state index contributed by atoms with van der Waals surface area (Å²) in [6.07, 6.45) is 0. The molecule has 11 rings (SSSR count). The molecule has 0 radical (unpaired) electrons. The fourth-order valence-corrected chi connectivity index (χ4v) is 7.69. The van der Waals surface area contributed by atoms with E-state index in [1.807, 2.05) is 60.7 Å². The molecule has 8 aromatic carbocycles. The molecule has 54 heavy (non-hydrogen) atoms. The molecule has 0 atom stereocenters. The van der Waals surface area contributed by atoms with Crippen molar-refractivity contribution in [3.8, 4) is 33.7 Å². The monoisotopic (exact) mass is 694 g/mol. The van der Waals surface area contributed by atoms with E-state index in [0.717, 1.165) is 88.7 Å². The lowest BCUT2D eigenvalue weighted by molar-refractivity contribution is 0.619. The first-order valence-electron chi connectivity index (χ1n) is 18.0. The molecule has 254 valence electrons. The van der Waals surface area contributed by atoms with Gasteiger partial charge in [0.2, 0.25) is 5.89 Å². The summed E-state index contributed by atoms with van der Waals surface area (Å²) in [6, 6.07) is 62.8. The van der Waals surface area contributed by atoms with Gasteiger partial charge in [0.25, 0.3) is 0 Å². The number of aromatic nitrogens is 1. The molecule has 0 N–H and O–H groups in total. The zero-order valence-corrected chi connectivity index (χ0v) is 28.9. The third kappa shape index (κ3) is 4.98. The van der Waals surface area contributed by atoms with Crippen molar-refractivity contribution in [2.75, 3.05) is 4.90 Å². The first-order valence-corrected chi connectivity index (χ1v) is 18.0. The Morgan fingerprint density at radius 2 is 0.852 bits per heavy atom.